The molecule has 0 aromatic heterocycles. The van der Waals surface area contributed by atoms with Gasteiger partial charge >= 0.3 is 0 Å². The SMILES string of the molecule is COc1ccccc1N(CC(=O)N(C)C1CCCCC1)S(=O)(=O)c1cc([N+](=O)[O-])ccc1Cl. The molecule has 1 saturated carbocycles. The number of halogens is 1. The first-order chi connectivity index (χ1) is 15.7. The van der Waals surface area contributed by atoms with E-state index in [4.69, 9.17) is 16.3 Å². The van der Waals surface area contributed by atoms with Gasteiger partial charge in [0.25, 0.3) is 15.7 Å². The number of carbonyl (C=O) groups excluding carboxylic acids is 1. The van der Waals surface area contributed by atoms with Crippen molar-refractivity contribution >= 4 is 38.9 Å². The van der Waals surface area contributed by atoms with E-state index in [-0.39, 0.29) is 22.5 Å². The van der Waals surface area contributed by atoms with Gasteiger partial charge in [0.2, 0.25) is 5.91 Å². The number of non-ortho nitro benzene ring substituents is 1. The van der Waals surface area contributed by atoms with Crippen LogP contribution in [0.5, 0.6) is 5.75 Å². The number of hydrogen-bond acceptors (Lipinski definition) is 6. The Kier molecular flexibility index (Phi) is 7.80. The van der Waals surface area contributed by atoms with Crippen LogP contribution in [0.15, 0.2) is 47.4 Å². The van der Waals surface area contributed by atoms with Crippen LogP contribution in [0.2, 0.25) is 5.02 Å². The summed E-state index contributed by atoms with van der Waals surface area (Å²) in [7, 11) is -1.40. The lowest BCUT2D eigenvalue weighted by Gasteiger charge is -2.33. The maximum atomic E-state index is 13.7. The molecular formula is C22H26ClN3O6S. The molecule has 0 atom stereocenters. The van der Waals surface area contributed by atoms with Gasteiger partial charge in [-0.1, -0.05) is 43.0 Å². The Morgan fingerprint density at radius 1 is 1.18 bits per heavy atom. The van der Waals surface area contributed by atoms with Crippen molar-refractivity contribution in [3.05, 3.63) is 57.6 Å². The molecule has 2 aromatic carbocycles. The minimum Gasteiger partial charge on any atom is -0.495 e. The van der Waals surface area contributed by atoms with Gasteiger partial charge in [-0.05, 0) is 31.0 Å². The Bertz CT molecular complexity index is 1130. The fourth-order valence-corrected chi connectivity index (χ4v) is 5.89. The second-order valence-corrected chi connectivity index (χ2v) is 10.1. The van der Waals surface area contributed by atoms with Crippen molar-refractivity contribution < 1.29 is 22.9 Å². The summed E-state index contributed by atoms with van der Waals surface area (Å²) in [6.45, 7) is -0.505. The monoisotopic (exact) mass is 495 g/mol. The second kappa shape index (κ2) is 10.4. The zero-order chi connectivity index (χ0) is 24.2. The summed E-state index contributed by atoms with van der Waals surface area (Å²) < 4.78 is 33.7. The van der Waals surface area contributed by atoms with Crippen LogP contribution in [-0.2, 0) is 14.8 Å². The van der Waals surface area contributed by atoms with E-state index in [1.165, 1.54) is 13.2 Å². The maximum absolute atomic E-state index is 13.7. The van der Waals surface area contributed by atoms with Gasteiger partial charge in [-0.15, -0.1) is 0 Å². The summed E-state index contributed by atoms with van der Waals surface area (Å²) in [5, 5.41) is 11.1. The van der Waals surface area contributed by atoms with Gasteiger partial charge in [0.1, 0.15) is 17.2 Å². The van der Waals surface area contributed by atoms with Crippen LogP contribution < -0.4 is 9.04 Å². The minimum atomic E-state index is -4.46. The minimum absolute atomic E-state index is 0.0369. The molecule has 1 aliphatic carbocycles. The van der Waals surface area contributed by atoms with Crippen molar-refractivity contribution in [3.8, 4) is 5.75 Å². The predicted octanol–water partition coefficient (Wildman–Crippen LogP) is 4.24. The summed E-state index contributed by atoms with van der Waals surface area (Å²) in [6.07, 6.45) is 4.87. The molecule has 178 valence electrons. The van der Waals surface area contributed by atoms with E-state index in [9.17, 15) is 23.3 Å². The van der Waals surface area contributed by atoms with E-state index >= 15 is 0 Å². The molecule has 1 aliphatic rings. The Morgan fingerprint density at radius 3 is 2.48 bits per heavy atom. The van der Waals surface area contributed by atoms with Crippen LogP contribution >= 0.6 is 11.6 Å². The lowest BCUT2D eigenvalue weighted by molar-refractivity contribution is -0.385. The molecule has 0 spiro atoms. The van der Waals surface area contributed by atoms with E-state index in [0.29, 0.717) is 0 Å². The molecule has 11 heteroatoms. The van der Waals surface area contributed by atoms with E-state index < -0.39 is 38.0 Å². The fourth-order valence-electron chi connectivity index (χ4n) is 3.96. The van der Waals surface area contributed by atoms with E-state index in [1.54, 1.807) is 30.1 Å². The smallest absolute Gasteiger partial charge is 0.270 e. The van der Waals surface area contributed by atoms with Crippen molar-refractivity contribution in [3.63, 3.8) is 0 Å². The highest BCUT2D eigenvalue weighted by Crippen LogP contribution is 2.36. The number of nitro groups is 1. The number of sulfonamides is 1. The van der Waals surface area contributed by atoms with Gasteiger partial charge in [-0.3, -0.25) is 19.2 Å². The third-order valence-electron chi connectivity index (χ3n) is 5.84. The summed E-state index contributed by atoms with van der Waals surface area (Å²) in [5.41, 5.74) is -0.295. The number of para-hydroxylation sites is 2. The molecule has 3 rings (SSSR count). The summed E-state index contributed by atoms with van der Waals surface area (Å²) in [5.74, 6) is -0.159. The molecule has 0 bridgehead atoms. The summed E-state index contributed by atoms with van der Waals surface area (Å²) in [6, 6.07) is 9.58. The largest absolute Gasteiger partial charge is 0.495 e. The molecule has 0 saturated heterocycles. The average Bonchev–Trinajstić information content (AvgIpc) is 2.82. The van der Waals surface area contributed by atoms with Crippen LogP contribution in [0.25, 0.3) is 0 Å². The third-order valence-corrected chi connectivity index (χ3v) is 8.08. The normalized spacial score (nSPS) is 14.5. The second-order valence-electron chi connectivity index (χ2n) is 7.85. The summed E-state index contributed by atoms with van der Waals surface area (Å²) in [4.78, 5) is 24.9. The molecular weight excluding hydrogens is 470 g/mol. The maximum Gasteiger partial charge on any atom is 0.270 e. The van der Waals surface area contributed by atoms with Crippen LogP contribution in [-0.4, -0.2) is 50.9 Å². The molecule has 0 N–H and O–H groups in total. The molecule has 33 heavy (non-hydrogen) atoms. The number of hydrogen-bond donors (Lipinski definition) is 0. The van der Waals surface area contributed by atoms with E-state index in [1.807, 2.05) is 0 Å². The molecule has 2 aromatic rings. The average molecular weight is 496 g/mol. The number of nitro benzene ring substituents is 1. The Balaban J connectivity index is 2.06. The number of amides is 1. The van der Waals surface area contributed by atoms with Crippen LogP contribution in [0, 0.1) is 10.1 Å². The zero-order valence-corrected chi connectivity index (χ0v) is 20.0. The van der Waals surface area contributed by atoms with E-state index in [0.717, 1.165) is 54.6 Å². The topological polar surface area (TPSA) is 110 Å². The lowest BCUT2D eigenvalue weighted by atomic mass is 9.94. The molecule has 1 amide bonds. The Hall–Kier alpha value is -2.85. The van der Waals surface area contributed by atoms with Crippen LogP contribution in [0.3, 0.4) is 0 Å². The van der Waals surface area contributed by atoms with Crippen molar-refractivity contribution in [1.82, 2.24) is 4.90 Å². The van der Waals surface area contributed by atoms with Crippen molar-refractivity contribution in [2.45, 2.75) is 43.0 Å². The number of rotatable bonds is 8. The molecule has 0 heterocycles. The van der Waals surface area contributed by atoms with E-state index in [2.05, 4.69) is 0 Å². The quantitative estimate of drug-likeness (QED) is 0.400. The highest BCUT2D eigenvalue weighted by molar-refractivity contribution is 7.93. The van der Waals surface area contributed by atoms with Crippen molar-refractivity contribution in [1.29, 1.82) is 0 Å². The van der Waals surface area contributed by atoms with Gasteiger partial charge in [-0.25, -0.2) is 8.42 Å². The number of nitrogens with zero attached hydrogens (tertiary/aromatic N) is 3. The van der Waals surface area contributed by atoms with Gasteiger partial charge in [0.15, 0.2) is 0 Å². The molecule has 1 fully saturated rings. The number of anilines is 1. The third kappa shape index (κ3) is 5.39. The number of ether oxygens (including phenoxy) is 1. The summed E-state index contributed by atoms with van der Waals surface area (Å²) >= 11 is 6.16. The fraction of sp³-hybridized carbons (Fsp3) is 0.409. The first-order valence-electron chi connectivity index (χ1n) is 10.5. The first-order valence-corrected chi connectivity index (χ1v) is 12.3. The first kappa shape index (κ1) is 24.8. The predicted molar refractivity (Wildman–Crippen MR) is 125 cm³/mol. The highest BCUT2D eigenvalue weighted by Gasteiger charge is 2.34. The highest BCUT2D eigenvalue weighted by atomic mass is 35.5. The molecule has 9 nitrogen and oxygen atoms in total. The van der Waals surface area contributed by atoms with Gasteiger partial charge in [0, 0.05) is 25.2 Å². The number of methoxy groups -OCH3 is 1. The zero-order valence-electron chi connectivity index (χ0n) is 18.4. The van der Waals surface area contributed by atoms with Gasteiger partial charge in [-0.2, -0.15) is 0 Å². The molecule has 0 radical (unpaired) electrons. The van der Waals surface area contributed by atoms with Crippen molar-refractivity contribution in [2.75, 3.05) is 25.0 Å². The number of likely N-dealkylation sites (N-methyl/N-ethyl adjacent to an activating group) is 1. The number of carbonyl (C=O) groups is 1. The molecule has 0 unspecified atom stereocenters. The van der Waals surface area contributed by atoms with Crippen LogP contribution in [0.1, 0.15) is 32.1 Å². The Morgan fingerprint density at radius 2 is 1.85 bits per heavy atom. The lowest BCUT2D eigenvalue weighted by Crippen LogP contribution is -2.46. The van der Waals surface area contributed by atoms with Gasteiger partial charge in [0.05, 0.1) is 22.7 Å². The number of benzene rings is 2. The molecule has 0 aliphatic heterocycles. The standard InChI is InChI=1S/C22H26ClN3O6S/c1-24(16-8-4-3-5-9-16)22(27)15-25(19-10-6-7-11-20(19)32-2)33(30,31)21-14-17(26(28)29)12-13-18(21)23/h6-7,10-14,16H,3-5,8-9,15H2,1-2H3. The van der Waals surface area contributed by atoms with Crippen LogP contribution in [0.4, 0.5) is 11.4 Å². The van der Waals surface area contributed by atoms with Gasteiger partial charge < -0.3 is 9.64 Å². The Labute approximate surface area is 198 Å². The van der Waals surface area contributed by atoms with Crippen molar-refractivity contribution in [2.24, 2.45) is 0 Å².